The number of halogens is 1. The number of carbonyl (C=O) groups is 1. The number of carboxylic acids is 1. The van der Waals surface area contributed by atoms with Crippen LogP contribution in [0.1, 0.15) is 39.9 Å². The molecule has 1 heterocycles. The van der Waals surface area contributed by atoms with Gasteiger partial charge in [-0.3, -0.25) is 0 Å². The van der Waals surface area contributed by atoms with E-state index in [4.69, 9.17) is 5.11 Å². The first-order valence-electron chi connectivity index (χ1n) is 7.69. The maximum Gasteiger partial charge on any atom is 0.335 e. The van der Waals surface area contributed by atoms with Gasteiger partial charge in [0, 0.05) is 11.6 Å². The molecule has 3 atom stereocenters. The van der Waals surface area contributed by atoms with Gasteiger partial charge in [-0.2, -0.15) is 0 Å². The fourth-order valence-corrected chi connectivity index (χ4v) is 3.73. The number of carboxylic acid groups (broad SMARTS) is 1. The van der Waals surface area contributed by atoms with Gasteiger partial charge < -0.3 is 10.4 Å². The SMILES string of the molecule is O=C(O)c1ccc([C@@H]2Nc3ccc(F)cc3[C@@H]3C=CC[C@H]32)cc1. The van der Waals surface area contributed by atoms with Crippen molar-refractivity contribution in [1.82, 2.24) is 0 Å². The molecule has 0 spiro atoms. The summed E-state index contributed by atoms with van der Waals surface area (Å²) in [5.41, 5.74) is 3.30. The zero-order valence-corrected chi connectivity index (χ0v) is 12.4. The zero-order valence-electron chi connectivity index (χ0n) is 12.4. The molecule has 0 bridgehead atoms. The van der Waals surface area contributed by atoms with Gasteiger partial charge in [0.25, 0.3) is 0 Å². The highest BCUT2D eigenvalue weighted by Gasteiger charge is 2.37. The van der Waals surface area contributed by atoms with Crippen LogP contribution in [0.5, 0.6) is 0 Å². The monoisotopic (exact) mass is 309 g/mol. The van der Waals surface area contributed by atoms with Crippen molar-refractivity contribution < 1.29 is 14.3 Å². The molecule has 0 radical (unpaired) electrons. The second-order valence-corrected chi connectivity index (χ2v) is 6.13. The molecular formula is C19H16FNO2. The lowest BCUT2D eigenvalue weighted by molar-refractivity contribution is 0.0697. The van der Waals surface area contributed by atoms with Gasteiger partial charge >= 0.3 is 5.97 Å². The number of nitrogens with one attached hydrogen (secondary N) is 1. The Balaban J connectivity index is 1.73. The summed E-state index contributed by atoms with van der Waals surface area (Å²) < 4.78 is 13.6. The van der Waals surface area contributed by atoms with E-state index in [2.05, 4.69) is 17.5 Å². The van der Waals surface area contributed by atoms with Gasteiger partial charge in [0.1, 0.15) is 5.82 Å². The second-order valence-electron chi connectivity index (χ2n) is 6.13. The molecule has 3 nitrogen and oxygen atoms in total. The normalized spacial score (nSPS) is 24.7. The van der Waals surface area contributed by atoms with E-state index in [1.54, 1.807) is 24.3 Å². The van der Waals surface area contributed by atoms with E-state index in [0.29, 0.717) is 5.92 Å². The fourth-order valence-electron chi connectivity index (χ4n) is 3.73. The predicted molar refractivity (Wildman–Crippen MR) is 86.2 cm³/mol. The van der Waals surface area contributed by atoms with Gasteiger partial charge in [0.15, 0.2) is 0 Å². The molecule has 116 valence electrons. The Morgan fingerprint density at radius 1 is 1.17 bits per heavy atom. The smallest absolute Gasteiger partial charge is 0.335 e. The summed E-state index contributed by atoms with van der Waals surface area (Å²) in [5, 5.41) is 12.5. The average Bonchev–Trinajstić information content (AvgIpc) is 3.04. The van der Waals surface area contributed by atoms with E-state index < -0.39 is 5.97 Å². The van der Waals surface area contributed by atoms with E-state index in [0.717, 1.165) is 23.2 Å². The van der Waals surface area contributed by atoms with Crippen LogP contribution in [0.4, 0.5) is 10.1 Å². The minimum Gasteiger partial charge on any atom is -0.478 e. The van der Waals surface area contributed by atoms with Crippen LogP contribution in [0.2, 0.25) is 0 Å². The molecule has 2 aromatic carbocycles. The largest absolute Gasteiger partial charge is 0.478 e. The van der Waals surface area contributed by atoms with Crippen molar-refractivity contribution in [3.8, 4) is 0 Å². The predicted octanol–water partition coefficient (Wildman–Crippen LogP) is 4.35. The summed E-state index contributed by atoms with van der Waals surface area (Å²) in [6, 6.07) is 12.0. The third kappa shape index (κ3) is 2.31. The Bertz CT molecular complexity index is 798. The molecular weight excluding hydrogens is 293 g/mol. The number of rotatable bonds is 2. The molecule has 0 saturated carbocycles. The van der Waals surface area contributed by atoms with Gasteiger partial charge in [-0.15, -0.1) is 0 Å². The molecule has 4 rings (SSSR count). The Morgan fingerprint density at radius 2 is 1.96 bits per heavy atom. The third-order valence-electron chi connectivity index (χ3n) is 4.84. The van der Waals surface area contributed by atoms with Crippen LogP contribution in [0.25, 0.3) is 0 Å². The first kappa shape index (κ1) is 14.0. The molecule has 2 aliphatic rings. The number of aromatic carboxylic acids is 1. The number of anilines is 1. The Morgan fingerprint density at radius 3 is 2.70 bits per heavy atom. The Kier molecular flexibility index (Phi) is 3.18. The average molecular weight is 309 g/mol. The molecule has 0 amide bonds. The van der Waals surface area contributed by atoms with E-state index in [1.165, 1.54) is 6.07 Å². The van der Waals surface area contributed by atoms with E-state index in [9.17, 15) is 9.18 Å². The standard InChI is InChI=1S/C19H16FNO2/c20-13-8-9-17-16(10-13)14-2-1-3-15(14)18(21-17)11-4-6-12(7-5-11)19(22)23/h1-2,4-10,14-15,18,21H,3H2,(H,22,23)/t14-,15-,18+/m1/s1. The molecule has 23 heavy (non-hydrogen) atoms. The zero-order chi connectivity index (χ0) is 16.0. The van der Waals surface area contributed by atoms with Crippen molar-refractivity contribution >= 4 is 11.7 Å². The summed E-state index contributed by atoms with van der Waals surface area (Å²) in [7, 11) is 0. The van der Waals surface area contributed by atoms with Crippen molar-refractivity contribution in [2.45, 2.75) is 18.4 Å². The summed E-state index contributed by atoms with van der Waals surface area (Å²) in [5.74, 6) is -0.616. The van der Waals surface area contributed by atoms with Crippen molar-refractivity contribution in [3.63, 3.8) is 0 Å². The molecule has 2 aromatic rings. The van der Waals surface area contributed by atoms with Crippen LogP contribution in [0.15, 0.2) is 54.6 Å². The lowest BCUT2D eigenvalue weighted by Gasteiger charge is -2.37. The van der Waals surface area contributed by atoms with Gasteiger partial charge in [-0.1, -0.05) is 24.3 Å². The molecule has 0 unspecified atom stereocenters. The van der Waals surface area contributed by atoms with Crippen LogP contribution < -0.4 is 5.32 Å². The van der Waals surface area contributed by atoms with Gasteiger partial charge in [-0.05, 0) is 53.8 Å². The highest BCUT2D eigenvalue weighted by atomic mass is 19.1. The van der Waals surface area contributed by atoms with Gasteiger partial charge in [0.2, 0.25) is 0 Å². The lowest BCUT2D eigenvalue weighted by Crippen LogP contribution is -2.29. The van der Waals surface area contributed by atoms with Crippen molar-refractivity contribution in [2.75, 3.05) is 5.32 Å². The Hall–Kier alpha value is -2.62. The van der Waals surface area contributed by atoms with Gasteiger partial charge in [0.05, 0.1) is 11.6 Å². The quantitative estimate of drug-likeness (QED) is 0.811. The first-order valence-corrected chi connectivity index (χ1v) is 7.69. The fraction of sp³-hybridized carbons (Fsp3) is 0.211. The third-order valence-corrected chi connectivity index (χ3v) is 4.84. The van der Waals surface area contributed by atoms with Gasteiger partial charge in [-0.25, -0.2) is 9.18 Å². The van der Waals surface area contributed by atoms with E-state index in [1.807, 2.05) is 12.1 Å². The first-order chi connectivity index (χ1) is 11.1. The van der Waals surface area contributed by atoms with Crippen molar-refractivity contribution in [2.24, 2.45) is 5.92 Å². The summed E-state index contributed by atoms with van der Waals surface area (Å²) in [6.45, 7) is 0. The number of hydrogen-bond acceptors (Lipinski definition) is 2. The second kappa shape index (κ2) is 5.23. The molecule has 0 saturated heterocycles. The molecule has 4 heteroatoms. The van der Waals surface area contributed by atoms with Crippen molar-refractivity contribution in [1.29, 1.82) is 0 Å². The molecule has 0 fully saturated rings. The molecule has 0 aromatic heterocycles. The number of allylic oxidation sites excluding steroid dienone is 2. The number of benzene rings is 2. The summed E-state index contributed by atoms with van der Waals surface area (Å²) in [4.78, 5) is 11.0. The topological polar surface area (TPSA) is 49.3 Å². The van der Waals surface area contributed by atoms with Crippen LogP contribution >= 0.6 is 0 Å². The lowest BCUT2D eigenvalue weighted by atomic mass is 9.77. The molecule has 1 aliphatic heterocycles. The number of fused-ring (bicyclic) bond motifs is 3. The van der Waals surface area contributed by atoms with Crippen LogP contribution in [-0.2, 0) is 0 Å². The highest BCUT2D eigenvalue weighted by molar-refractivity contribution is 5.87. The minimum atomic E-state index is -0.922. The summed E-state index contributed by atoms with van der Waals surface area (Å²) in [6.07, 6.45) is 5.23. The Labute approximate surface area is 133 Å². The minimum absolute atomic E-state index is 0.0933. The maximum atomic E-state index is 13.6. The van der Waals surface area contributed by atoms with E-state index in [-0.39, 0.29) is 23.3 Å². The maximum absolute atomic E-state index is 13.6. The van der Waals surface area contributed by atoms with Crippen molar-refractivity contribution in [3.05, 3.63) is 77.1 Å². The highest BCUT2D eigenvalue weighted by Crippen LogP contribution is 2.49. The van der Waals surface area contributed by atoms with Crippen LogP contribution in [0.3, 0.4) is 0 Å². The van der Waals surface area contributed by atoms with E-state index >= 15 is 0 Å². The van der Waals surface area contributed by atoms with Crippen LogP contribution in [-0.4, -0.2) is 11.1 Å². The molecule has 2 N–H and O–H groups in total. The molecule has 1 aliphatic carbocycles. The summed E-state index contributed by atoms with van der Waals surface area (Å²) >= 11 is 0. The van der Waals surface area contributed by atoms with Crippen LogP contribution in [0, 0.1) is 11.7 Å². The number of hydrogen-bond donors (Lipinski definition) is 2.